The third-order valence-corrected chi connectivity index (χ3v) is 8.71. The first-order chi connectivity index (χ1) is 23.4. The van der Waals surface area contributed by atoms with Gasteiger partial charge in [-0.3, -0.25) is 9.59 Å². The van der Waals surface area contributed by atoms with Crippen LogP contribution in [0, 0.1) is 5.92 Å². The predicted molar refractivity (Wildman–Crippen MR) is 202 cm³/mol. The lowest BCUT2D eigenvalue weighted by Gasteiger charge is -2.15. The Morgan fingerprint density at radius 2 is 1.12 bits per heavy atom. The monoisotopic (exact) mass is 677 g/mol. The summed E-state index contributed by atoms with van der Waals surface area (Å²) in [5.41, 5.74) is 0. The van der Waals surface area contributed by atoms with Gasteiger partial charge in [0.15, 0.2) is 6.10 Å². The Morgan fingerprint density at radius 3 is 1.65 bits per heavy atom. The summed E-state index contributed by atoms with van der Waals surface area (Å²) in [4.78, 5) is 24.3. The van der Waals surface area contributed by atoms with Crippen molar-refractivity contribution in [3.63, 3.8) is 0 Å². The molecule has 0 aromatic heterocycles. The fraction of sp³-hybridized carbons (Fsp3) is 0.810. The molecule has 2 atom stereocenters. The molecule has 0 aliphatic heterocycles. The molecule has 0 heterocycles. The highest BCUT2D eigenvalue weighted by atomic mass is 16.6. The highest BCUT2D eigenvalue weighted by Crippen LogP contribution is 2.15. The Labute approximate surface area is 296 Å². The van der Waals surface area contributed by atoms with Gasteiger partial charge in [0, 0.05) is 12.8 Å². The molecule has 0 aromatic rings. The molecule has 6 heteroatoms. The number of aliphatic hydroxyl groups is 2. The normalized spacial score (nSPS) is 13.3. The van der Waals surface area contributed by atoms with Crippen molar-refractivity contribution >= 4 is 11.9 Å². The topological polar surface area (TPSA) is 93.1 Å². The number of hydrogen-bond acceptors (Lipinski definition) is 6. The smallest absolute Gasteiger partial charge is 0.306 e. The SMILES string of the molecule is CC/C=C/CC(O)/C=C/C=C/CCCCCCCC(=O)O[C@@H](CO)COC(=O)CCCCCCCCCCCCCCCCCC(C)C. The number of carbonyl (C=O) groups is 2. The van der Waals surface area contributed by atoms with Crippen LogP contribution in [0.25, 0.3) is 0 Å². The summed E-state index contributed by atoms with van der Waals surface area (Å²) in [5, 5.41) is 19.4. The molecule has 280 valence electrons. The summed E-state index contributed by atoms with van der Waals surface area (Å²) in [5.74, 6) is 0.209. The minimum absolute atomic E-state index is 0.0864. The summed E-state index contributed by atoms with van der Waals surface area (Å²) in [6, 6.07) is 0. The second-order valence-corrected chi connectivity index (χ2v) is 14.0. The van der Waals surface area contributed by atoms with Gasteiger partial charge >= 0.3 is 11.9 Å². The molecule has 6 nitrogen and oxygen atoms in total. The lowest BCUT2D eigenvalue weighted by molar-refractivity contribution is -0.161. The lowest BCUT2D eigenvalue weighted by atomic mass is 10.0. The molecule has 2 N–H and O–H groups in total. The average Bonchev–Trinajstić information content (AvgIpc) is 3.06. The molecule has 0 saturated heterocycles. The van der Waals surface area contributed by atoms with E-state index < -0.39 is 12.2 Å². The Kier molecular flexibility index (Phi) is 34.9. The number of aliphatic hydroxyl groups excluding tert-OH is 2. The Hall–Kier alpha value is -1.92. The second-order valence-electron chi connectivity index (χ2n) is 14.0. The summed E-state index contributed by atoms with van der Waals surface area (Å²) >= 11 is 0. The number of allylic oxidation sites excluding steroid dienone is 4. The number of esters is 2. The van der Waals surface area contributed by atoms with Crippen molar-refractivity contribution in [3.05, 3.63) is 36.5 Å². The largest absolute Gasteiger partial charge is 0.462 e. The minimum atomic E-state index is -0.796. The van der Waals surface area contributed by atoms with Crippen molar-refractivity contribution in [2.45, 2.75) is 200 Å². The molecule has 48 heavy (non-hydrogen) atoms. The third-order valence-electron chi connectivity index (χ3n) is 8.71. The van der Waals surface area contributed by atoms with Gasteiger partial charge in [-0.15, -0.1) is 0 Å². The summed E-state index contributed by atoms with van der Waals surface area (Å²) in [6.45, 7) is 6.27. The van der Waals surface area contributed by atoms with Crippen LogP contribution in [0.4, 0.5) is 0 Å². The van der Waals surface area contributed by atoms with E-state index >= 15 is 0 Å². The summed E-state index contributed by atoms with van der Waals surface area (Å²) < 4.78 is 10.6. The molecule has 1 unspecified atom stereocenters. The van der Waals surface area contributed by atoms with Gasteiger partial charge in [0.05, 0.1) is 12.7 Å². The summed E-state index contributed by atoms with van der Waals surface area (Å²) in [7, 11) is 0. The first-order valence-electron chi connectivity index (χ1n) is 20.0. The van der Waals surface area contributed by atoms with E-state index in [4.69, 9.17) is 9.47 Å². The maximum Gasteiger partial charge on any atom is 0.306 e. The van der Waals surface area contributed by atoms with Crippen LogP contribution in [0.5, 0.6) is 0 Å². The molecule has 0 spiro atoms. The second kappa shape index (κ2) is 36.4. The van der Waals surface area contributed by atoms with E-state index in [1.54, 1.807) is 0 Å². The van der Waals surface area contributed by atoms with Gasteiger partial charge in [0.25, 0.3) is 0 Å². The zero-order chi connectivity index (χ0) is 35.3. The zero-order valence-electron chi connectivity index (χ0n) is 31.5. The van der Waals surface area contributed by atoms with Gasteiger partial charge in [-0.25, -0.2) is 0 Å². The third kappa shape index (κ3) is 35.4. The van der Waals surface area contributed by atoms with Crippen LogP contribution in [-0.2, 0) is 19.1 Å². The van der Waals surface area contributed by atoms with E-state index in [2.05, 4.69) is 32.9 Å². The minimum Gasteiger partial charge on any atom is -0.462 e. The van der Waals surface area contributed by atoms with E-state index in [0.29, 0.717) is 19.3 Å². The fourth-order valence-electron chi connectivity index (χ4n) is 5.66. The molecule has 0 saturated carbocycles. The first-order valence-corrected chi connectivity index (χ1v) is 20.0. The number of ether oxygens (including phenoxy) is 2. The van der Waals surface area contributed by atoms with E-state index in [-0.39, 0.29) is 25.2 Å². The van der Waals surface area contributed by atoms with Crippen molar-refractivity contribution in [1.29, 1.82) is 0 Å². The fourth-order valence-corrected chi connectivity index (χ4v) is 5.66. The van der Waals surface area contributed by atoms with Crippen molar-refractivity contribution in [2.75, 3.05) is 13.2 Å². The summed E-state index contributed by atoms with van der Waals surface area (Å²) in [6.07, 6.45) is 39.7. The molecule has 0 radical (unpaired) electrons. The number of rotatable bonds is 35. The first kappa shape index (κ1) is 46.1. The molecule has 0 bridgehead atoms. The Bertz CT molecular complexity index is 802. The van der Waals surface area contributed by atoms with Crippen LogP contribution in [0.3, 0.4) is 0 Å². The van der Waals surface area contributed by atoms with Crippen molar-refractivity contribution in [1.82, 2.24) is 0 Å². The highest BCUT2D eigenvalue weighted by molar-refractivity contribution is 5.70. The molecule has 0 amide bonds. The quantitative estimate of drug-likeness (QED) is 0.0300. The van der Waals surface area contributed by atoms with Gasteiger partial charge in [-0.2, -0.15) is 0 Å². The molecule has 0 fully saturated rings. The number of unbranched alkanes of at least 4 members (excludes halogenated alkanes) is 19. The van der Waals surface area contributed by atoms with Gasteiger partial charge in [0.1, 0.15) is 6.61 Å². The van der Waals surface area contributed by atoms with Gasteiger partial charge in [-0.1, -0.05) is 173 Å². The van der Waals surface area contributed by atoms with Crippen LogP contribution >= 0.6 is 0 Å². The van der Waals surface area contributed by atoms with E-state index in [1.165, 1.54) is 83.5 Å². The van der Waals surface area contributed by atoms with Crippen molar-refractivity contribution in [2.24, 2.45) is 5.92 Å². The maximum absolute atomic E-state index is 12.2. The van der Waals surface area contributed by atoms with Crippen molar-refractivity contribution in [3.8, 4) is 0 Å². The van der Waals surface area contributed by atoms with E-state index in [1.807, 2.05) is 24.3 Å². The van der Waals surface area contributed by atoms with Gasteiger partial charge < -0.3 is 19.7 Å². The molecule has 0 aliphatic rings. The number of hydrogen-bond donors (Lipinski definition) is 2. The predicted octanol–water partition coefficient (Wildman–Crippen LogP) is 11.3. The van der Waals surface area contributed by atoms with Crippen LogP contribution in [0.2, 0.25) is 0 Å². The van der Waals surface area contributed by atoms with Gasteiger partial charge in [-0.05, 0) is 44.4 Å². The standard InChI is InChI=1S/C42H76O6/c1-4-5-26-32-39(44)33-28-23-19-15-13-17-21-25-30-35-42(46)48-40(36-43)37-47-41(45)34-29-24-20-16-12-10-8-6-7-9-11-14-18-22-27-31-38(2)3/h5,19,23,26,28,33,38-40,43-44H,4,6-18,20-22,24-25,27,29-32,34-37H2,1-3H3/b23-19+,26-5+,33-28+/t39?,40-/m0/s1. The van der Waals surface area contributed by atoms with E-state index in [9.17, 15) is 19.8 Å². The molecule has 0 rings (SSSR count). The zero-order valence-corrected chi connectivity index (χ0v) is 31.5. The Morgan fingerprint density at radius 1 is 0.625 bits per heavy atom. The molecular weight excluding hydrogens is 600 g/mol. The van der Waals surface area contributed by atoms with Crippen LogP contribution < -0.4 is 0 Å². The number of carbonyl (C=O) groups excluding carboxylic acids is 2. The average molecular weight is 677 g/mol. The Balaban J connectivity index is 3.59. The highest BCUT2D eigenvalue weighted by Gasteiger charge is 2.16. The lowest BCUT2D eigenvalue weighted by Crippen LogP contribution is -2.28. The van der Waals surface area contributed by atoms with Crippen LogP contribution in [-0.4, -0.2) is 47.6 Å². The maximum atomic E-state index is 12.2. The van der Waals surface area contributed by atoms with E-state index in [0.717, 1.165) is 70.1 Å². The molecule has 0 aliphatic carbocycles. The van der Waals surface area contributed by atoms with Crippen LogP contribution in [0.1, 0.15) is 188 Å². The van der Waals surface area contributed by atoms with Gasteiger partial charge in [0.2, 0.25) is 0 Å². The molecule has 0 aromatic carbocycles. The van der Waals surface area contributed by atoms with Crippen molar-refractivity contribution < 1.29 is 29.3 Å². The molecular formula is C42H76O6. The van der Waals surface area contributed by atoms with Crippen LogP contribution in [0.15, 0.2) is 36.5 Å².